The molecule has 2 saturated carbocycles. The summed E-state index contributed by atoms with van der Waals surface area (Å²) < 4.78 is 6.37. The van der Waals surface area contributed by atoms with E-state index in [2.05, 4.69) is 22.9 Å². The highest BCUT2D eigenvalue weighted by atomic mass is 79.9. The molecule has 0 saturated heterocycles. The van der Waals surface area contributed by atoms with Crippen molar-refractivity contribution >= 4 is 27.5 Å². The molecule has 2 aliphatic rings. The van der Waals surface area contributed by atoms with E-state index in [0.29, 0.717) is 16.3 Å². The molecule has 20 heavy (non-hydrogen) atoms. The summed E-state index contributed by atoms with van der Waals surface area (Å²) in [6.45, 7) is 2.07. The van der Waals surface area contributed by atoms with Gasteiger partial charge in [-0.05, 0) is 49.9 Å². The number of hydrogen-bond donors (Lipinski definition) is 0. The van der Waals surface area contributed by atoms with Gasteiger partial charge in [0.05, 0.1) is 0 Å². The zero-order chi connectivity index (χ0) is 14.2. The molecule has 1 spiro atoms. The molecular formula is C17H22BrClO. The molecule has 2 unspecified atom stereocenters. The van der Waals surface area contributed by atoms with E-state index in [-0.39, 0.29) is 0 Å². The Morgan fingerprint density at radius 1 is 1.20 bits per heavy atom. The highest BCUT2D eigenvalue weighted by Crippen LogP contribution is 2.55. The molecule has 0 aromatic heterocycles. The predicted molar refractivity (Wildman–Crippen MR) is 88.1 cm³/mol. The Balaban J connectivity index is 1.76. The van der Waals surface area contributed by atoms with Crippen LogP contribution < -0.4 is 4.74 Å². The smallest absolute Gasteiger partial charge is 0.122 e. The van der Waals surface area contributed by atoms with Crippen LogP contribution in [0.1, 0.15) is 50.5 Å². The summed E-state index contributed by atoms with van der Waals surface area (Å²) in [5.74, 6) is 1.00. The minimum Gasteiger partial charge on any atom is -0.489 e. The average Bonchev–Trinajstić information content (AvgIpc) is 2.69. The van der Waals surface area contributed by atoms with Gasteiger partial charge in [0.15, 0.2) is 0 Å². The van der Waals surface area contributed by atoms with Gasteiger partial charge in [-0.2, -0.15) is 0 Å². The summed E-state index contributed by atoms with van der Waals surface area (Å²) in [6, 6.07) is 5.93. The van der Waals surface area contributed by atoms with Crippen molar-refractivity contribution < 1.29 is 4.74 Å². The number of alkyl halides is 1. The van der Waals surface area contributed by atoms with Gasteiger partial charge in [-0.3, -0.25) is 0 Å². The lowest BCUT2D eigenvalue weighted by molar-refractivity contribution is -0.0465. The van der Waals surface area contributed by atoms with Crippen molar-refractivity contribution in [2.24, 2.45) is 5.41 Å². The van der Waals surface area contributed by atoms with Gasteiger partial charge < -0.3 is 4.74 Å². The third-order valence-electron chi connectivity index (χ3n) is 5.13. The first-order valence-electron chi connectivity index (χ1n) is 7.69. The molecule has 3 rings (SSSR count). The molecule has 1 aromatic carbocycles. The molecular weight excluding hydrogens is 336 g/mol. The van der Waals surface area contributed by atoms with E-state index in [9.17, 15) is 0 Å². The summed E-state index contributed by atoms with van der Waals surface area (Å²) in [7, 11) is 0. The van der Waals surface area contributed by atoms with Crippen LogP contribution in [-0.2, 0) is 0 Å². The first kappa shape index (κ1) is 14.7. The standard InChI is InChI=1S/C17H22BrClO/c1-12-10-13(19)6-7-14(12)20-16-11-15(18)17(16)8-4-2-3-5-9-17/h6-7,10,15-16H,2-5,8-9,11H2,1H3. The fourth-order valence-corrected chi connectivity index (χ4v) is 5.10. The molecule has 0 radical (unpaired) electrons. The molecule has 0 amide bonds. The summed E-state index contributed by atoms with van der Waals surface area (Å²) in [6.07, 6.45) is 9.57. The number of ether oxygens (including phenoxy) is 1. The minimum atomic E-state index is 0.364. The molecule has 0 aliphatic heterocycles. The second kappa shape index (κ2) is 5.88. The molecule has 1 aromatic rings. The van der Waals surface area contributed by atoms with Gasteiger partial charge in [-0.1, -0.05) is 53.2 Å². The van der Waals surface area contributed by atoms with Crippen LogP contribution in [0.15, 0.2) is 18.2 Å². The average molecular weight is 358 g/mol. The third-order valence-corrected chi connectivity index (χ3v) is 6.65. The molecule has 2 aliphatic carbocycles. The zero-order valence-electron chi connectivity index (χ0n) is 12.0. The van der Waals surface area contributed by atoms with Crippen molar-refractivity contribution in [1.29, 1.82) is 0 Å². The van der Waals surface area contributed by atoms with Crippen molar-refractivity contribution in [3.8, 4) is 5.75 Å². The number of hydrogen-bond acceptors (Lipinski definition) is 1. The Morgan fingerprint density at radius 2 is 1.90 bits per heavy atom. The first-order chi connectivity index (χ1) is 9.62. The summed E-state index contributed by atoms with van der Waals surface area (Å²) in [5, 5.41) is 0.783. The lowest BCUT2D eigenvalue weighted by atomic mass is 9.61. The van der Waals surface area contributed by atoms with Gasteiger partial charge in [-0.15, -0.1) is 0 Å². The van der Waals surface area contributed by atoms with Crippen LogP contribution >= 0.6 is 27.5 Å². The van der Waals surface area contributed by atoms with Gasteiger partial charge in [0.2, 0.25) is 0 Å². The summed E-state index contributed by atoms with van der Waals surface area (Å²) in [4.78, 5) is 0.630. The largest absolute Gasteiger partial charge is 0.489 e. The van der Waals surface area contributed by atoms with Crippen LogP contribution in [0.3, 0.4) is 0 Å². The van der Waals surface area contributed by atoms with Gasteiger partial charge >= 0.3 is 0 Å². The topological polar surface area (TPSA) is 9.23 Å². The van der Waals surface area contributed by atoms with Crippen LogP contribution in [-0.4, -0.2) is 10.9 Å². The molecule has 2 fully saturated rings. The molecule has 0 bridgehead atoms. The van der Waals surface area contributed by atoms with E-state index in [1.54, 1.807) is 0 Å². The van der Waals surface area contributed by atoms with Gasteiger partial charge in [0.25, 0.3) is 0 Å². The molecule has 1 nitrogen and oxygen atoms in total. The van der Waals surface area contributed by atoms with Crippen molar-refractivity contribution in [2.45, 2.75) is 62.8 Å². The lowest BCUT2D eigenvalue weighted by Gasteiger charge is -2.53. The normalized spacial score (nSPS) is 28.8. The second-order valence-electron chi connectivity index (χ2n) is 6.37. The van der Waals surface area contributed by atoms with Gasteiger partial charge in [-0.25, -0.2) is 0 Å². The maximum absolute atomic E-state index is 6.37. The number of benzene rings is 1. The number of rotatable bonds is 2. The van der Waals surface area contributed by atoms with Crippen LogP contribution in [0.5, 0.6) is 5.75 Å². The van der Waals surface area contributed by atoms with E-state index < -0.39 is 0 Å². The highest BCUT2D eigenvalue weighted by Gasteiger charge is 2.55. The fourth-order valence-electron chi connectivity index (χ4n) is 3.78. The monoisotopic (exact) mass is 356 g/mol. The maximum Gasteiger partial charge on any atom is 0.122 e. The Kier molecular flexibility index (Phi) is 4.33. The van der Waals surface area contributed by atoms with E-state index in [1.807, 2.05) is 18.2 Å². The zero-order valence-corrected chi connectivity index (χ0v) is 14.3. The van der Waals surface area contributed by atoms with E-state index in [4.69, 9.17) is 16.3 Å². The minimum absolute atomic E-state index is 0.364. The maximum atomic E-state index is 6.37. The molecule has 0 N–H and O–H groups in total. The Bertz CT molecular complexity index is 480. The molecule has 2 atom stereocenters. The Morgan fingerprint density at radius 3 is 2.50 bits per heavy atom. The Labute approximate surface area is 135 Å². The first-order valence-corrected chi connectivity index (χ1v) is 8.98. The lowest BCUT2D eigenvalue weighted by Crippen LogP contribution is -2.56. The van der Waals surface area contributed by atoms with Crippen molar-refractivity contribution in [3.63, 3.8) is 0 Å². The molecule has 110 valence electrons. The van der Waals surface area contributed by atoms with Crippen LogP contribution in [0.25, 0.3) is 0 Å². The highest BCUT2D eigenvalue weighted by molar-refractivity contribution is 9.09. The van der Waals surface area contributed by atoms with Crippen LogP contribution in [0.4, 0.5) is 0 Å². The fraction of sp³-hybridized carbons (Fsp3) is 0.647. The molecule has 3 heteroatoms. The van der Waals surface area contributed by atoms with Crippen LogP contribution in [0, 0.1) is 12.3 Å². The van der Waals surface area contributed by atoms with Gasteiger partial charge in [0, 0.05) is 15.3 Å². The van der Waals surface area contributed by atoms with Gasteiger partial charge in [0.1, 0.15) is 11.9 Å². The summed E-state index contributed by atoms with van der Waals surface area (Å²) >= 11 is 9.92. The number of halogens is 2. The van der Waals surface area contributed by atoms with Crippen molar-refractivity contribution in [1.82, 2.24) is 0 Å². The van der Waals surface area contributed by atoms with Crippen molar-refractivity contribution in [3.05, 3.63) is 28.8 Å². The number of aryl methyl sites for hydroxylation is 1. The van der Waals surface area contributed by atoms with E-state index in [0.717, 1.165) is 22.8 Å². The second-order valence-corrected chi connectivity index (χ2v) is 7.91. The predicted octanol–water partition coefficient (Wildman–Crippen LogP) is 5.90. The van der Waals surface area contributed by atoms with E-state index >= 15 is 0 Å². The Hall–Kier alpha value is -0.210. The van der Waals surface area contributed by atoms with Crippen molar-refractivity contribution in [2.75, 3.05) is 0 Å². The molecule has 0 heterocycles. The quantitative estimate of drug-likeness (QED) is 0.598. The van der Waals surface area contributed by atoms with E-state index in [1.165, 1.54) is 38.5 Å². The van der Waals surface area contributed by atoms with Crippen LogP contribution in [0.2, 0.25) is 5.02 Å². The summed E-state index contributed by atoms with van der Waals surface area (Å²) in [5.41, 5.74) is 1.50. The SMILES string of the molecule is Cc1cc(Cl)ccc1OC1CC(Br)C12CCCCCC2. The third kappa shape index (κ3) is 2.62.